The Bertz CT molecular complexity index is 1040. The van der Waals surface area contributed by atoms with Gasteiger partial charge in [-0.15, -0.1) is 0 Å². The van der Waals surface area contributed by atoms with E-state index < -0.39 is 7.82 Å². The van der Waals surface area contributed by atoms with Crippen molar-refractivity contribution in [3.63, 3.8) is 0 Å². The van der Waals surface area contributed by atoms with Gasteiger partial charge in [0, 0.05) is 12.2 Å². The Morgan fingerprint density at radius 1 is 0.679 bits per heavy atom. The van der Waals surface area contributed by atoms with Gasteiger partial charge >= 0.3 is 7.82 Å². The van der Waals surface area contributed by atoms with E-state index in [-0.39, 0.29) is 25.2 Å². The van der Waals surface area contributed by atoms with Crippen LogP contribution in [0.5, 0.6) is 0 Å². The third-order valence-corrected chi connectivity index (χ3v) is 10.9. The number of thioether (sulfide) groups is 1. The second-order valence-corrected chi connectivity index (χ2v) is 17.8. The smallest absolute Gasteiger partial charge is 0.350 e. The topological polar surface area (TPSA) is 84.9 Å². The Morgan fingerprint density at radius 3 is 1.64 bits per heavy atom. The Kier molecular flexibility index (Phi) is 36.5. The lowest BCUT2D eigenvalue weighted by Crippen LogP contribution is -2.40. The van der Waals surface area contributed by atoms with Crippen LogP contribution in [0.25, 0.3) is 0 Å². The summed E-state index contributed by atoms with van der Waals surface area (Å²) in [5.74, 6) is 1.59. The molecule has 9 heteroatoms. The van der Waals surface area contributed by atoms with E-state index in [9.17, 15) is 14.3 Å². The molecule has 0 fully saturated rings. The van der Waals surface area contributed by atoms with Gasteiger partial charge in [-0.2, -0.15) is 11.8 Å². The normalized spacial score (nSPS) is 14.5. The lowest BCUT2D eigenvalue weighted by Gasteiger charge is -2.24. The predicted octanol–water partition coefficient (Wildman–Crippen LogP) is 12.4. The maximum Gasteiger partial charge on any atom is 0.472 e. The minimum absolute atomic E-state index is 0.0512. The molecule has 0 aromatic rings. The molecule has 0 saturated carbocycles. The monoisotopic (exact) mass is 782 g/mol. The summed E-state index contributed by atoms with van der Waals surface area (Å²) in [6.07, 6.45) is 47.5. The molecule has 0 radical (unpaired) electrons. The third-order valence-electron chi connectivity index (χ3n) is 8.71. The molecular weight excluding hydrogens is 700 g/mol. The van der Waals surface area contributed by atoms with Crippen molar-refractivity contribution in [3.05, 3.63) is 60.8 Å². The van der Waals surface area contributed by atoms with Crippen molar-refractivity contribution in [2.75, 3.05) is 52.4 Å². The van der Waals surface area contributed by atoms with E-state index in [1.807, 2.05) is 21.1 Å². The zero-order valence-corrected chi connectivity index (χ0v) is 36.5. The molecule has 1 unspecified atom stereocenters. The van der Waals surface area contributed by atoms with Crippen molar-refractivity contribution in [3.8, 4) is 0 Å². The largest absolute Gasteiger partial charge is 0.472 e. The lowest BCUT2D eigenvalue weighted by molar-refractivity contribution is -0.870. The van der Waals surface area contributed by atoms with Crippen molar-refractivity contribution in [1.29, 1.82) is 0 Å². The summed E-state index contributed by atoms with van der Waals surface area (Å²) in [5.41, 5.74) is 0. The standard InChI is InChI=1S/C44H81N2O5PS/c1-6-8-10-12-14-16-18-20-22-23-24-25-27-29-31-33-35-37-44(47)45-43(41-51-52(48,49)50-39-38-46(3,4)5)42-53-40-36-34-32-30-28-26-21-19-17-15-13-11-9-7-2/h8,10,14,16,20,22,24-25,29,31,43H,6-7,9,11-13,15,17-19,21,23,26-28,30,32-42H2,1-5H3,(H-,45,47,48,49)/p+1/b10-8-,16-14-,22-20-,25-24-,31-29-/t43-/m0/s1. The summed E-state index contributed by atoms with van der Waals surface area (Å²) < 4.78 is 23.7. The Hall–Kier alpha value is -1.41. The van der Waals surface area contributed by atoms with Gasteiger partial charge in [-0.05, 0) is 57.1 Å². The summed E-state index contributed by atoms with van der Waals surface area (Å²) in [4.78, 5) is 23.0. The van der Waals surface area contributed by atoms with Crippen LogP contribution in [0.2, 0.25) is 0 Å². The maximum atomic E-state index is 12.8. The van der Waals surface area contributed by atoms with Gasteiger partial charge in [0.05, 0.1) is 33.8 Å². The Morgan fingerprint density at radius 2 is 1.15 bits per heavy atom. The number of quaternary nitrogens is 1. The van der Waals surface area contributed by atoms with Crippen molar-refractivity contribution < 1.29 is 27.8 Å². The molecule has 0 bridgehead atoms. The Balaban J connectivity index is 4.37. The molecule has 0 aromatic carbocycles. The molecule has 0 aliphatic carbocycles. The fraction of sp³-hybridized carbons (Fsp3) is 0.750. The van der Waals surface area contributed by atoms with Crippen LogP contribution in [0.3, 0.4) is 0 Å². The van der Waals surface area contributed by atoms with Crippen LogP contribution in [0.4, 0.5) is 0 Å². The minimum Gasteiger partial charge on any atom is -0.350 e. The summed E-state index contributed by atoms with van der Waals surface area (Å²) in [7, 11) is 1.78. The first-order valence-corrected chi connectivity index (χ1v) is 23.8. The minimum atomic E-state index is -4.20. The average molecular weight is 782 g/mol. The van der Waals surface area contributed by atoms with Crippen LogP contribution >= 0.6 is 19.6 Å². The number of likely N-dealkylation sites (N-methyl/N-ethyl adjacent to an activating group) is 1. The van der Waals surface area contributed by atoms with E-state index in [1.54, 1.807) is 11.8 Å². The number of hydrogen-bond acceptors (Lipinski definition) is 5. The number of nitrogens with one attached hydrogen (secondary N) is 1. The van der Waals surface area contributed by atoms with Crippen molar-refractivity contribution in [2.45, 2.75) is 161 Å². The number of nitrogens with zero attached hydrogens (tertiary/aromatic N) is 1. The van der Waals surface area contributed by atoms with Crippen molar-refractivity contribution in [1.82, 2.24) is 5.32 Å². The average Bonchev–Trinajstić information content (AvgIpc) is 3.11. The molecule has 2 N–H and O–H groups in total. The molecule has 0 heterocycles. The van der Waals surface area contributed by atoms with Crippen LogP contribution in [-0.2, 0) is 18.4 Å². The van der Waals surface area contributed by atoms with Crippen LogP contribution in [-0.4, -0.2) is 73.7 Å². The molecule has 0 rings (SSSR count). The second-order valence-electron chi connectivity index (χ2n) is 15.1. The molecule has 0 aromatic heterocycles. The fourth-order valence-corrected chi connectivity index (χ4v) is 7.25. The zero-order chi connectivity index (χ0) is 39.1. The van der Waals surface area contributed by atoms with Gasteiger partial charge < -0.3 is 14.7 Å². The number of carbonyl (C=O) groups excluding carboxylic acids is 1. The quantitative estimate of drug-likeness (QED) is 0.0281. The molecule has 2 atom stereocenters. The second kappa shape index (κ2) is 37.5. The SMILES string of the molecule is CC/C=C\C/C=C\C/C=C\C/C=C\C/C=C\CCCC(=O)N[C@@H](COP(=O)(O)OCC[N+](C)(C)C)CSCCCCCCCCCCCCCCCC. The van der Waals surface area contributed by atoms with Gasteiger partial charge in [-0.25, -0.2) is 4.57 Å². The van der Waals surface area contributed by atoms with E-state index >= 15 is 0 Å². The highest BCUT2D eigenvalue weighted by molar-refractivity contribution is 7.99. The van der Waals surface area contributed by atoms with Gasteiger partial charge in [0.1, 0.15) is 13.2 Å². The van der Waals surface area contributed by atoms with Crippen molar-refractivity contribution >= 4 is 25.5 Å². The molecule has 7 nitrogen and oxygen atoms in total. The number of rotatable bonds is 38. The molecule has 0 aliphatic heterocycles. The summed E-state index contributed by atoms with van der Waals surface area (Å²) in [6.45, 7) is 5.08. The lowest BCUT2D eigenvalue weighted by atomic mass is 10.0. The van der Waals surface area contributed by atoms with E-state index in [0.717, 1.165) is 57.1 Å². The molecule has 0 spiro atoms. The summed E-state index contributed by atoms with van der Waals surface area (Å²) in [6, 6.07) is -0.352. The highest BCUT2D eigenvalue weighted by Crippen LogP contribution is 2.43. The number of hydrogen-bond donors (Lipinski definition) is 2. The molecule has 0 aliphatic rings. The first kappa shape index (κ1) is 51.6. The number of phosphoric acid groups is 1. The van der Waals surface area contributed by atoms with Crippen LogP contribution in [0.15, 0.2) is 60.8 Å². The Labute approximate surface area is 331 Å². The van der Waals surface area contributed by atoms with Gasteiger partial charge in [-0.3, -0.25) is 13.8 Å². The number of amides is 1. The number of carbonyl (C=O) groups is 1. The number of allylic oxidation sites excluding steroid dienone is 10. The van der Waals surface area contributed by atoms with Gasteiger partial charge in [0.15, 0.2) is 0 Å². The van der Waals surface area contributed by atoms with E-state index in [1.165, 1.54) is 83.5 Å². The third kappa shape index (κ3) is 41.6. The van der Waals surface area contributed by atoms with E-state index in [2.05, 4.69) is 79.9 Å². The molecule has 53 heavy (non-hydrogen) atoms. The predicted molar refractivity (Wildman–Crippen MR) is 233 cm³/mol. The highest BCUT2D eigenvalue weighted by atomic mass is 32.2. The molecule has 0 saturated heterocycles. The zero-order valence-electron chi connectivity index (χ0n) is 34.8. The van der Waals surface area contributed by atoms with Gasteiger partial charge in [-0.1, -0.05) is 158 Å². The van der Waals surface area contributed by atoms with Gasteiger partial charge in [0.25, 0.3) is 0 Å². The maximum absolute atomic E-state index is 12.8. The summed E-state index contributed by atoms with van der Waals surface area (Å²) in [5, 5.41) is 3.05. The van der Waals surface area contributed by atoms with Crippen LogP contribution in [0, 0.1) is 0 Å². The fourth-order valence-electron chi connectivity index (χ4n) is 5.46. The molecule has 1 amide bonds. The van der Waals surface area contributed by atoms with Crippen LogP contribution in [0.1, 0.15) is 155 Å². The van der Waals surface area contributed by atoms with Crippen LogP contribution < -0.4 is 5.32 Å². The van der Waals surface area contributed by atoms with E-state index in [4.69, 9.17) is 9.05 Å². The molecule has 308 valence electrons. The molecular formula is C44H82N2O5PS+. The first-order chi connectivity index (χ1) is 25.6. The first-order valence-electron chi connectivity index (χ1n) is 21.1. The van der Waals surface area contributed by atoms with E-state index in [0.29, 0.717) is 23.2 Å². The van der Waals surface area contributed by atoms with Crippen molar-refractivity contribution in [2.24, 2.45) is 0 Å². The summed E-state index contributed by atoms with van der Waals surface area (Å²) >= 11 is 1.77. The number of phosphoric ester groups is 1. The van der Waals surface area contributed by atoms with Gasteiger partial charge in [0.2, 0.25) is 5.91 Å². The highest BCUT2D eigenvalue weighted by Gasteiger charge is 2.25. The number of unbranched alkanes of at least 4 members (excludes halogenated alkanes) is 14.